The number of piperidine rings is 1. The largest absolute Gasteiger partial charge is 0.366 e. The third kappa shape index (κ3) is 2.66. The maximum Gasteiger partial charge on any atom is 0.251 e. The molecule has 1 saturated heterocycles. The average molecular weight is 221 g/mol. The second kappa shape index (κ2) is 4.89. The third-order valence-corrected chi connectivity index (χ3v) is 2.61. The van der Waals surface area contributed by atoms with Crippen molar-refractivity contribution in [2.75, 3.05) is 18.4 Å². The summed E-state index contributed by atoms with van der Waals surface area (Å²) in [5, 5.41) is 6.52. The second-order valence-corrected chi connectivity index (χ2v) is 3.83. The molecule has 0 atom stereocenters. The van der Waals surface area contributed by atoms with E-state index < -0.39 is 5.91 Å². The quantitative estimate of drug-likeness (QED) is 0.654. The number of amides is 1. The Hall–Kier alpha value is -1.69. The van der Waals surface area contributed by atoms with Gasteiger partial charge in [-0.15, -0.1) is 0 Å². The van der Waals surface area contributed by atoms with Crippen LogP contribution in [0, 0.1) is 0 Å². The standard InChI is InChI=1S/C10H15N5O/c11-9(16)7-5-13-10(14-6-7)15-8-1-3-12-4-2-8/h5-6,8,12H,1-4H2,(H2,11,16)(H,13,14,15). The summed E-state index contributed by atoms with van der Waals surface area (Å²) < 4.78 is 0. The zero-order chi connectivity index (χ0) is 11.4. The van der Waals surface area contributed by atoms with Crippen LogP contribution in [0.25, 0.3) is 0 Å². The zero-order valence-corrected chi connectivity index (χ0v) is 8.94. The summed E-state index contributed by atoms with van der Waals surface area (Å²) in [7, 11) is 0. The lowest BCUT2D eigenvalue weighted by atomic mass is 10.1. The molecule has 0 aromatic carbocycles. The van der Waals surface area contributed by atoms with Crippen molar-refractivity contribution in [2.24, 2.45) is 5.73 Å². The predicted octanol–water partition coefficient (Wildman–Crippen LogP) is -0.261. The number of rotatable bonds is 3. The van der Waals surface area contributed by atoms with Gasteiger partial charge in [0, 0.05) is 18.4 Å². The molecule has 1 aliphatic rings. The SMILES string of the molecule is NC(=O)c1cnc(NC2CCNCC2)nc1. The first kappa shape index (κ1) is 10.8. The van der Waals surface area contributed by atoms with E-state index in [9.17, 15) is 4.79 Å². The van der Waals surface area contributed by atoms with E-state index in [2.05, 4.69) is 20.6 Å². The van der Waals surface area contributed by atoms with Gasteiger partial charge in [-0.2, -0.15) is 0 Å². The van der Waals surface area contributed by atoms with Gasteiger partial charge in [-0.05, 0) is 25.9 Å². The van der Waals surface area contributed by atoms with E-state index in [4.69, 9.17) is 5.73 Å². The molecule has 6 nitrogen and oxygen atoms in total. The van der Waals surface area contributed by atoms with E-state index in [1.165, 1.54) is 12.4 Å². The van der Waals surface area contributed by atoms with Gasteiger partial charge < -0.3 is 16.4 Å². The highest BCUT2D eigenvalue weighted by molar-refractivity contribution is 5.92. The zero-order valence-electron chi connectivity index (χ0n) is 8.94. The fourth-order valence-corrected chi connectivity index (χ4v) is 1.68. The van der Waals surface area contributed by atoms with Gasteiger partial charge in [0.25, 0.3) is 5.91 Å². The Morgan fingerprint density at radius 1 is 1.38 bits per heavy atom. The van der Waals surface area contributed by atoms with Crippen LogP contribution in [-0.2, 0) is 0 Å². The molecular formula is C10H15N5O. The molecule has 1 aromatic heterocycles. The maximum absolute atomic E-state index is 10.8. The fraction of sp³-hybridized carbons (Fsp3) is 0.500. The summed E-state index contributed by atoms with van der Waals surface area (Å²) in [5.41, 5.74) is 5.43. The number of nitrogens with zero attached hydrogens (tertiary/aromatic N) is 2. The van der Waals surface area contributed by atoms with Crippen molar-refractivity contribution in [3.8, 4) is 0 Å². The highest BCUT2D eigenvalue weighted by Gasteiger charge is 2.13. The Balaban J connectivity index is 1.96. The van der Waals surface area contributed by atoms with Crippen molar-refractivity contribution in [3.05, 3.63) is 18.0 Å². The van der Waals surface area contributed by atoms with Crippen molar-refractivity contribution >= 4 is 11.9 Å². The number of hydrogen-bond donors (Lipinski definition) is 3. The van der Waals surface area contributed by atoms with Gasteiger partial charge in [-0.25, -0.2) is 9.97 Å². The number of anilines is 1. The summed E-state index contributed by atoms with van der Waals surface area (Å²) >= 11 is 0. The van der Waals surface area contributed by atoms with Gasteiger partial charge in [0.2, 0.25) is 5.95 Å². The van der Waals surface area contributed by atoms with Gasteiger partial charge in [-0.3, -0.25) is 4.79 Å². The Kier molecular flexibility index (Phi) is 3.31. The van der Waals surface area contributed by atoms with Gasteiger partial charge in [-0.1, -0.05) is 0 Å². The molecule has 0 aliphatic carbocycles. The molecule has 1 aromatic rings. The summed E-state index contributed by atoms with van der Waals surface area (Å²) in [5.74, 6) is 0.0466. The van der Waals surface area contributed by atoms with Crippen LogP contribution in [0.15, 0.2) is 12.4 Å². The van der Waals surface area contributed by atoms with Gasteiger partial charge in [0.1, 0.15) is 0 Å². The normalized spacial score (nSPS) is 17.0. The fourth-order valence-electron chi connectivity index (χ4n) is 1.68. The van der Waals surface area contributed by atoms with Crippen LogP contribution in [0.5, 0.6) is 0 Å². The van der Waals surface area contributed by atoms with Crippen LogP contribution in [0.2, 0.25) is 0 Å². The Morgan fingerprint density at radius 2 is 2.00 bits per heavy atom. The molecule has 16 heavy (non-hydrogen) atoms. The molecule has 0 spiro atoms. The summed E-state index contributed by atoms with van der Waals surface area (Å²) in [6.07, 6.45) is 5.00. The van der Waals surface area contributed by atoms with E-state index in [0.717, 1.165) is 25.9 Å². The van der Waals surface area contributed by atoms with Crippen LogP contribution < -0.4 is 16.4 Å². The Morgan fingerprint density at radius 3 is 2.56 bits per heavy atom. The molecule has 0 radical (unpaired) electrons. The highest BCUT2D eigenvalue weighted by Crippen LogP contribution is 2.08. The van der Waals surface area contributed by atoms with Crippen molar-refractivity contribution in [1.29, 1.82) is 0 Å². The summed E-state index contributed by atoms with van der Waals surface area (Å²) in [6, 6.07) is 0.403. The molecular weight excluding hydrogens is 206 g/mol. The molecule has 4 N–H and O–H groups in total. The molecule has 1 fully saturated rings. The van der Waals surface area contributed by atoms with E-state index in [0.29, 0.717) is 17.6 Å². The Labute approximate surface area is 93.7 Å². The van der Waals surface area contributed by atoms with Gasteiger partial charge in [0.15, 0.2) is 0 Å². The molecule has 6 heteroatoms. The molecule has 1 aliphatic heterocycles. The summed E-state index contributed by atoms with van der Waals surface area (Å²) in [4.78, 5) is 18.9. The first-order valence-electron chi connectivity index (χ1n) is 5.35. The lowest BCUT2D eigenvalue weighted by Crippen LogP contribution is -2.35. The van der Waals surface area contributed by atoms with Crippen molar-refractivity contribution in [2.45, 2.75) is 18.9 Å². The lowest BCUT2D eigenvalue weighted by Gasteiger charge is -2.23. The van der Waals surface area contributed by atoms with Gasteiger partial charge in [0.05, 0.1) is 5.56 Å². The molecule has 1 amide bonds. The third-order valence-electron chi connectivity index (χ3n) is 2.61. The average Bonchev–Trinajstić information content (AvgIpc) is 2.31. The van der Waals surface area contributed by atoms with Crippen LogP contribution >= 0.6 is 0 Å². The summed E-state index contributed by atoms with van der Waals surface area (Å²) in [6.45, 7) is 2.02. The second-order valence-electron chi connectivity index (χ2n) is 3.83. The predicted molar refractivity (Wildman–Crippen MR) is 60.1 cm³/mol. The smallest absolute Gasteiger partial charge is 0.251 e. The number of nitrogens with one attached hydrogen (secondary N) is 2. The van der Waals surface area contributed by atoms with E-state index >= 15 is 0 Å². The molecule has 0 unspecified atom stereocenters. The molecule has 0 bridgehead atoms. The first-order valence-corrected chi connectivity index (χ1v) is 5.35. The lowest BCUT2D eigenvalue weighted by molar-refractivity contribution is 0.0999. The number of carbonyl (C=O) groups excluding carboxylic acids is 1. The first-order chi connectivity index (χ1) is 7.75. The topological polar surface area (TPSA) is 92.9 Å². The Bertz CT molecular complexity index is 358. The number of hydrogen-bond acceptors (Lipinski definition) is 5. The maximum atomic E-state index is 10.8. The number of nitrogens with two attached hydrogens (primary N) is 1. The van der Waals surface area contributed by atoms with Crippen molar-refractivity contribution < 1.29 is 4.79 Å². The number of aromatic nitrogens is 2. The van der Waals surface area contributed by atoms with Gasteiger partial charge >= 0.3 is 0 Å². The van der Waals surface area contributed by atoms with Crippen LogP contribution in [-0.4, -0.2) is 35.0 Å². The van der Waals surface area contributed by atoms with Crippen molar-refractivity contribution in [3.63, 3.8) is 0 Å². The van der Waals surface area contributed by atoms with E-state index in [1.54, 1.807) is 0 Å². The minimum absolute atomic E-state index is 0.330. The monoisotopic (exact) mass is 221 g/mol. The minimum atomic E-state index is -0.506. The molecule has 2 rings (SSSR count). The van der Waals surface area contributed by atoms with E-state index in [-0.39, 0.29) is 0 Å². The molecule has 0 saturated carbocycles. The van der Waals surface area contributed by atoms with Crippen LogP contribution in [0.4, 0.5) is 5.95 Å². The van der Waals surface area contributed by atoms with Crippen molar-refractivity contribution in [1.82, 2.24) is 15.3 Å². The number of primary amides is 1. The number of carbonyl (C=O) groups is 1. The minimum Gasteiger partial charge on any atom is -0.366 e. The van der Waals surface area contributed by atoms with Crippen LogP contribution in [0.1, 0.15) is 23.2 Å². The highest BCUT2D eigenvalue weighted by atomic mass is 16.1. The van der Waals surface area contributed by atoms with E-state index in [1.807, 2.05) is 0 Å². The molecule has 86 valence electrons. The molecule has 2 heterocycles. The van der Waals surface area contributed by atoms with Crippen LogP contribution in [0.3, 0.4) is 0 Å².